The fourth-order valence-electron chi connectivity index (χ4n) is 3.51. The van der Waals surface area contributed by atoms with Crippen LogP contribution >= 0.6 is 0 Å². The number of hydrogen-bond acceptors (Lipinski definition) is 5. The van der Waals surface area contributed by atoms with Gasteiger partial charge in [-0.15, -0.1) is 0 Å². The van der Waals surface area contributed by atoms with Gasteiger partial charge in [0.2, 0.25) is 5.75 Å². The summed E-state index contributed by atoms with van der Waals surface area (Å²) in [5, 5.41) is 2.21. The number of aromatic nitrogens is 3. The average Bonchev–Trinajstić information content (AvgIpc) is 3.27. The fraction of sp³-hybridized carbons (Fsp3) is 0.182. The van der Waals surface area contributed by atoms with Crippen LogP contribution in [0.5, 0.6) is 17.2 Å². The number of nitrogens with zero attached hydrogens (tertiary/aromatic N) is 3. The zero-order valence-electron chi connectivity index (χ0n) is 16.0. The number of rotatable bonds is 6. The Labute approximate surface area is 163 Å². The van der Waals surface area contributed by atoms with E-state index in [4.69, 9.17) is 19.2 Å². The van der Waals surface area contributed by atoms with E-state index in [1.165, 1.54) is 0 Å². The van der Waals surface area contributed by atoms with Crippen LogP contribution < -0.4 is 14.2 Å². The minimum Gasteiger partial charge on any atom is -0.493 e. The minimum atomic E-state index is -0.206. The van der Waals surface area contributed by atoms with Gasteiger partial charge in [0.1, 0.15) is 6.04 Å². The second-order valence-electron chi connectivity index (χ2n) is 6.29. The highest BCUT2D eigenvalue weighted by Crippen LogP contribution is 2.42. The van der Waals surface area contributed by atoms with Crippen molar-refractivity contribution in [1.29, 1.82) is 0 Å². The van der Waals surface area contributed by atoms with Crippen molar-refractivity contribution in [2.45, 2.75) is 6.04 Å². The van der Waals surface area contributed by atoms with Crippen LogP contribution in [0.1, 0.15) is 17.3 Å². The molecule has 142 valence electrons. The lowest BCUT2D eigenvalue weighted by Crippen LogP contribution is -2.13. The van der Waals surface area contributed by atoms with Gasteiger partial charge in [-0.3, -0.25) is 4.98 Å². The topological polar surface area (TPSA) is 58.4 Å². The Morgan fingerprint density at radius 1 is 0.893 bits per heavy atom. The summed E-state index contributed by atoms with van der Waals surface area (Å²) in [5.74, 6) is 1.76. The zero-order valence-corrected chi connectivity index (χ0v) is 16.0. The van der Waals surface area contributed by atoms with Crippen molar-refractivity contribution < 1.29 is 14.2 Å². The average molecular weight is 375 g/mol. The first kappa shape index (κ1) is 17.9. The predicted octanol–water partition coefficient (Wildman–Crippen LogP) is 4.09. The molecule has 6 nitrogen and oxygen atoms in total. The molecule has 4 aromatic rings. The Morgan fingerprint density at radius 3 is 2.29 bits per heavy atom. The predicted molar refractivity (Wildman–Crippen MR) is 107 cm³/mol. The highest BCUT2D eigenvalue weighted by Gasteiger charge is 2.24. The number of imidazole rings is 1. The lowest BCUT2D eigenvalue weighted by Gasteiger charge is -2.22. The molecule has 0 radical (unpaired) electrons. The second-order valence-corrected chi connectivity index (χ2v) is 6.29. The molecule has 0 aliphatic heterocycles. The SMILES string of the molecule is COc1cc(C(c2nccc3ccccc23)n2ccnc2)cc(OC)c1OC. The van der Waals surface area contributed by atoms with Gasteiger partial charge in [0.15, 0.2) is 11.5 Å². The molecular weight excluding hydrogens is 354 g/mol. The van der Waals surface area contributed by atoms with E-state index in [-0.39, 0.29) is 6.04 Å². The van der Waals surface area contributed by atoms with Gasteiger partial charge in [0, 0.05) is 24.0 Å². The van der Waals surface area contributed by atoms with E-state index in [9.17, 15) is 0 Å². The van der Waals surface area contributed by atoms with E-state index in [1.54, 1.807) is 33.9 Å². The van der Waals surface area contributed by atoms with E-state index in [1.807, 2.05) is 47.3 Å². The molecule has 1 unspecified atom stereocenters. The van der Waals surface area contributed by atoms with Gasteiger partial charge < -0.3 is 18.8 Å². The van der Waals surface area contributed by atoms with Crippen molar-refractivity contribution in [1.82, 2.24) is 14.5 Å². The van der Waals surface area contributed by atoms with Crippen LogP contribution in [-0.4, -0.2) is 35.9 Å². The second kappa shape index (κ2) is 7.60. The summed E-state index contributed by atoms with van der Waals surface area (Å²) >= 11 is 0. The quantitative estimate of drug-likeness (QED) is 0.508. The van der Waals surface area contributed by atoms with E-state index in [0.717, 1.165) is 22.0 Å². The Hall–Kier alpha value is -3.54. The lowest BCUT2D eigenvalue weighted by molar-refractivity contribution is 0.323. The molecule has 2 aromatic heterocycles. The molecule has 0 saturated heterocycles. The Kier molecular flexibility index (Phi) is 4.85. The minimum absolute atomic E-state index is 0.206. The summed E-state index contributed by atoms with van der Waals surface area (Å²) in [4.78, 5) is 8.97. The van der Waals surface area contributed by atoms with E-state index >= 15 is 0 Å². The highest BCUT2D eigenvalue weighted by atomic mass is 16.5. The van der Waals surface area contributed by atoms with Crippen molar-refractivity contribution in [3.63, 3.8) is 0 Å². The van der Waals surface area contributed by atoms with Crippen molar-refractivity contribution in [2.75, 3.05) is 21.3 Å². The molecule has 0 fully saturated rings. The maximum absolute atomic E-state index is 5.56. The van der Waals surface area contributed by atoms with Gasteiger partial charge >= 0.3 is 0 Å². The van der Waals surface area contributed by atoms with Crippen molar-refractivity contribution in [2.24, 2.45) is 0 Å². The maximum atomic E-state index is 5.56. The van der Waals surface area contributed by atoms with E-state index in [0.29, 0.717) is 17.2 Å². The number of ether oxygens (including phenoxy) is 3. The lowest BCUT2D eigenvalue weighted by atomic mass is 9.97. The third kappa shape index (κ3) is 3.03. The molecule has 0 amide bonds. The van der Waals surface area contributed by atoms with Crippen LogP contribution in [0.4, 0.5) is 0 Å². The number of pyridine rings is 1. The summed E-state index contributed by atoms with van der Waals surface area (Å²) in [7, 11) is 4.83. The molecule has 4 rings (SSSR count). The molecule has 2 heterocycles. The number of hydrogen-bond donors (Lipinski definition) is 0. The summed E-state index contributed by atoms with van der Waals surface area (Å²) in [5.41, 5.74) is 1.88. The van der Waals surface area contributed by atoms with Crippen molar-refractivity contribution >= 4 is 10.8 Å². The van der Waals surface area contributed by atoms with Crippen LogP contribution in [0.15, 0.2) is 67.4 Å². The third-order valence-corrected chi connectivity index (χ3v) is 4.79. The number of benzene rings is 2. The third-order valence-electron chi connectivity index (χ3n) is 4.79. The van der Waals surface area contributed by atoms with Gasteiger partial charge in [-0.05, 0) is 29.1 Å². The van der Waals surface area contributed by atoms with Gasteiger partial charge in [0.25, 0.3) is 0 Å². The molecule has 0 saturated carbocycles. The Bertz CT molecular complexity index is 1060. The number of methoxy groups -OCH3 is 3. The molecule has 0 aliphatic rings. The molecule has 2 aromatic carbocycles. The van der Waals surface area contributed by atoms with Crippen LogP contribution in [0.2, 0.25) is 0 Å². The van der Waals surface area contributed by atoms with Gasteiger partial charge in [-0.2, -0.15) is 0 Å². The highest BCUT2D eigenvalue weighted by molar-refractivity contribution is 5.85. The van der Waals surface area contributed by atoms with Crippen LogP contribution in [0.25, 0.3) is 10.8 Å². The zero-order chi connectivity index (χ0) is 19.5. The van der Waals surface area contributed by atoms with Gasteiger partial charge in [-0.25, -0.2) is 4.98 Å². The first-order chi connectivity index (χ1) is 13.8. The smallest absolute Gasteiger partial charge is 0.203 e. The van der Waals surface area contributed by atoms with Crippen LogP contribution in [0, 0.1) is 0 Å². The van der Waals surface area contributed by atoms with Crippen molar-refractivity contribution in [3.8, 4) is 17.2 Å². The standard InChI is InChI=1S/C22H21N3O3/c1-26-18-12-16(13-19(27-2)22(18)28-3)21(25-11-10-23-14-25)20-17-7-5-4-6-15(17)8-9-24-20/h4-14,21H,1-3H3. The fourth-order valence-corrected chi connectivity index (χ4v) is 3.51. The number of fused-ring (bicyclic) bond motifs is 1. The van der Waals surface area contributed by atoms with E-state index in [2.05, 4.69) is 17.1 Å². The van der Waals surface area contributed by atoms with Gasteiger partial charge in [0.05, 0.1) is 33.4 Å². The Morgan fingerprint density at radius 2 is 1.64 bits per heavy atom. The summed E-state index contributed by atoms with van der Waals surface area (Å²) in [6, 6.07) is 13.9. The molecule has 0 aliphatic carbocycles. The van der Waals surface area contributed by atoms with Crippen LogP contribution in [0.3, 0.4) is 0 Å². The molecule has 28 heavy (non-hydrogen) atoms. The molecule has 0 bridgehead atoms. The molecule has 1 atom stereocenters. The first-order valence-corrected chi connectivity index (χ1v) is 8.87. The van der Waals surface area contributed by atoms with Crippen LogP contribution in [-0.2, 0) is 0 Å². The summed E-state index contributed by atoms with van der Waals surface area (Å²) in [6.07, 6.45) is 7.31. The monoisotopic (exact) mass is 375 g/mol. The Balaban J connectivity index is 1.99. The summed E-state index contributed by atoms with van der Waals surface area (Å²) < 4.78 is 18.6. The largest absolute Gasteiger partial charge is 0.493 e. The molecular formula is C22H21N3O3. The molecule has 0 spiro atoms. The molecule has 6 heteroatoms. The molecule has 0 N–H and O–H groups in total. The first-order valence-electron chi connectivity index (χ1n) is 8.87. The normalized spacial score (nSPS) is 12.0. The van der Waals surface area contributed by atoms with Gasteiger partial charge in [-0.1, -0.05) is 24.3 Å². The van der Waals surface area contributed by atoms with E-state index < -0.39 is 0 Å². The van der Waals surface area contributed by atoms with Crippen molar-refractivity contribution in [3.05, 3.63) is 78.6 Å². The summed E-state index contributed by atoms with van der Waals surface area (Å²) in [6.45, 7) is 0. The maximum Gasteiger partial charge on any atom is 0.203 e.